The standard InChI is InChI=1S/C14H19NO/c1-15-11-13(9-10-14(15)16)8-7-12-5-3-2-4-6-12/h2-6,13H,7-11H2,1H3. The van der Waals surface area contributed by atoms with E-state index in [1.165, 1.54) is 12.0 Å². The van der Waals surface area contributed by atoms with E-state index in [4.69, 9.17) is 0 Å². The monoisotopic (exact) mass is 217 g/mol. The highest BCUT2D eigenvalue weighted by atomic mass is 16.2. The van der Waals surface area contributed by atoms with Crippen LogP contribution < -0.4 is 0 Å². The zero-order valence-electron chi connectivity index (χ0n) is 9.86. The maximum atomic E-state index is 11.3. The molecule has 1 aliphatic heterocycles. The Morgan fingerprint density at radius 2 is 2.06 bits per heavy atom. The number of rotatable bonds is 3. The summed E-state index contributed by atoms with van der Waals surface area (Å²) in [4.78, 5) is 13.2. The molecule has 1 aromatic rings. The van der Waals surface area contributed by atoms with Crippen LogP contribution in [0.5, 0.6) is 0 Å². The molecular formula is C14H19NO. The van der Waals surface area contributed by atoms with E-state index >= 15 is 0 Å². The number of hydrogen-bond donors (Lipinski definition) is 0. The van der Waals surface area contributed by atoms with Crippen LogP contribution in [-0.4, -0.2) is 24.4 Å². The van der Waals surface area contributed by atoms with E-state index in [1.807, 2.05) is 11.9 Å². The van der Waals surface area contributed by atoms with Gasteiger partial charge in [0.2, 0.25) is 5.91 Å². The van der Waals surface area contributed by atoms with Crippen LogP contribution in [0.25, 0.3) is 0 Å². The highest BCUT2D eigenvalue weighted by Gasteiger charge is 2.22. The summed E-state index contributed by atoms with van der Waals surface area (Å²) in [5.74, 6) is 0.985. The van der Waals surface area contributed by atoms with Gasteiger partial charge < -0.3 is 4.90 Å². The van der Waals surface area contributed by atoms with Gasteiger partial charge in [0.15, 0.2) is 0 Å². The van der Waals surface area contributed by atoms with Crippen LogP contribution in [0, 0.1) is 5.92 Å². The van der Waals surface area contributed by atoms with E-state index < -0.39 is 0 Å². The van der Waals surface area contributed by atoms with Gasteiger partial charge >= 0.3 is 0 Å². The second-order valence-corrected chi connectivity index (χ2v) is 4.70. The predicted octanol–water partition coefficient (Wildman–Crippen LogP) is 2.49. The van der Waals surface area contributed by atoms with Gasteiger partial charge in [0.1, 0.15) is 0 Å². The van der Waals surface area contributed by atoms with Crippen molar-refractivity contribution in [1.82, 2.24) is 4.90 Å². The van der Waals surface area contributed by atoms with Crippen LogP contribution in [-0.2, 0) is 11.2 Å². The van der Waals surface area contributed by atoms with Crippen molar-refractivity contribution in [2.45, 2.75) is 25.7 Å². The molecule has 1 saturated heterocycles. The highest BCUT2D eigenvalue weighted by molar-refractivity contribution is 5.76. The zero-order chi connectivity index (χ0) is 11.4. The Bertz CT molecular complexity index is 347. The van der Waals surface area contributed by atoms with Crippen LogP contribution in [0.3, 0.4) is 0 Å². The Morgan fingerprint density at radius 1 is 1.31 bits per heavy atom. The normalized spacial score (nSPS) is 21.2. The van der Waals surface area contributed by atoms with Gasteiger partial charge in [-0.25, -0.2) is 0 Å². The predicted molar refractivity (Wildman–Crippen MR) is 65.1 cm³/mol. The third-order valence-corrected chi connectivity index (χ3v) is 3.41. The van der Waals surface area contributed by atoms with E-state index in [1.54, 1.807) is 0 Å². The third kappa shape index (κ3) is 2.84. The van der Waals surface area contributed by atoms with Crippen molar-refractivity contribution in [2.75, 3.05) is 13.6 Å². The lowest BCUT2D eigenvalue weighted by Gasteiger charge is -2.29. The molecule has 1 aromatic carbocycles. The number of aryl methyl sites for hydroxylation is 1. The molecule has 2 rings (SSSR count). The fourth-order valence-electron chi connectivity index (χ4n) is 2.35. The minimum Gasteiger partial charge on any atom is -0.345 e. The van der Waals surface area contributed by atoms with Crippen molar-refractivity contribution >= 4 is 5.91 Å². The number of carbonyl (C=O) groups excluding carboxylic acids is 1. The van der Waals surface area contributed by atoms with Crippen molar-refractivity contribution < 1.29 is 4.79 Å². The fourth-order valence-corrected chi connectivity index (χ4v) is 2.35. The molecule has 1 aliphatic rings. The van der Waals surface area contributed by atoms with Crippen LogP contribution in [0.15, 0.2) is 30.3 Å². The van der Waals surface area contributed by atoms with Gasteiger partial charge in [0.25, 0.3) is 0 Å². The molecule has 0 aromatic heterocycles. The average molecular weight is 217 g/mol. The average Bonchev–Trinajstić information content (AvgIpc) is 2.32. The van der Waals surface area contributed by atoms with Crippen molar-refractivity contribution in [3.05, 3.63) is 35.9 Å². The Morgan fingerprint density at radius 3 is 2.75 bits per heavy atom. The largest absolute Gasteiger partial charge is 0.345 e. The first-order chi connectivity index (χ1) is 7.75. The van der Waals surface area contributed by atoms with E-state index in [-0.39, 0.29) is 0 Å². The van der Waals surface area contributed by atoms with Crippen molar-refractivity contribution in [2.24, 2.45) is 5.92 Å². The molecule has 0 aliphatic carbocycles. The molecule has 0 spiro atoms. The summed E-state index contributed by atoms with van der Waals surface area (Å²) in [6.07, 6.45) is 4.13. The van der Waals surface area contributed by atoms with Crippen LogP contribution in [0.2, 0.25) is 0 Å². The maximum Gasteiger partial charge on any atom is 0.222 e. The molecule has 1 fully saturated rings. The van der Waals surface area contributed by atoms with Gasteiger partial charge in [0, 0.05) is 20.0 Å². The Kier molecular flexibility index (Phi) is 3.60. The first-order valence-electron chi connectivity index (χ1n) is 6.03. The lowest BCUT2D eigenvalue weighted by atomic mass is 9.91. The van der Waals surface area contributed by atoms with Gasteiger partial charge in [0.05, 0.1) is 0 Å². The maximum absolute atomic E-state index is 11.3. The second-order valence-electron chi connectivity index (χ2n) is 4.70. The molecule has 86 valence electrons. The smallest absolute Gasteiger partial charge is 0.222 e. The summed E-state index contributed by atoms with van der Waals surface area (Å²) in [6.45, 7) is 0.936. The molecule has 1 atom stereocenters. The molecule has 2 nitrogen and oxygen atoms in total. The number of hydrogen-bond acceptors (Lipinski definition) is 1. The molecule has 0 radical (unpaired) electrons. The molecule has 0 N–H and O–H groups in total. The van der Waals surface area contributed by atoms with Crippen LogP contribution in [0.1, 0.15) is 24.8 Å². The van der Waals surface area contributed by atoms with Crippen molar-refractivity contribution in [3.63, 3.8) is 0 Å². The number of nitrogens with zero attached hydrogens (tertiary/aromatic N) is 1. The number of benzene rings is 1. The third-order valence-electron chi connectivity index (χ3n) is 3.41. The molecule has 16 heavy (non-hydrogen) atoms. The Hall–Kier alpha value is -1.31. The minimum atomic E-state index is 0.302. The van der Waals surface area contributed by atoms with E-state index in [2.05, 4.69) is 30.3 Å². The molecule has 0 bridgehead atoms. The molecule has 0 saturated carbocycles. The van der Waals surface area contributed by atoms with E-state index in [9.17, 15) is 4.79 Å². The first kappa shape index (κ1) is 11.2. The minimum absolute atomic E-state index is 0.302. The quantitative estimate of drug-likeness (QED) is 0.761. The van der Waals surface area contributed by atoms with Crippen LogP contribution in [0.4, 0.5) is 0 Å². The SMILES string of the molecule is CN1CC(CCc2ccccc2)CCC1=O. The fraction of sp³-hybridized carbons (Fsp3) is 0.500. The highest BCUT2D eigenvalue weighted by Crippen LogP contribution is 2.21. The molecule has 1 unspecified atom stereocenters. The summed E-state index contributed by atoms with van der Waals surface area (Å²) in [6, 6.07) is 10.6. The van der Waals surface area contributed by atoms with Gasteiger partial charge in [-0.2, -0.15) is 0 Å². The van der Waals surface area contributed by atoms with E-state index in [0.29, 0.717) is 11.8 Å². The van der Waals surface area contributed by atoms with Crippen molar-refractivity contribution in [1.29, 1.82) is 0 Å². The number of carbonyl (C=O) groups is 1. The molecule has 2 heteroatoms. The summed E-state index contributed by atoms with van der Waals surface area (Å²) in [7, 11) is 1.91. The van der Waals surface area contributed by atoms with Gasteiger partial charge in [-0.15, -0.1) is 0 Å². The number of piperidine rings is 1. The number of amides is 1. The lowest BCUT2D eigenvalue weighted by Crippen LogP contribution is -2.36. The summed E-state index contributed by atoms with van der Waals surface area (Å²) < 4.78 is 0. The molecule has 1 heterocycles. The first-order valence-corrected chi connectivity index (χ1v) is 6.03. The Labute approximate surface area is 97.3 Å². The molecule has 1 amide bonds. The summed E-state index contributed by atoms with van der Waals surface area (Å²) in [5, 5.41) is 0. The topological polar surface area (TPSA) is 20.3 Å². The van der Waals surface area contributed by atoms with Crippen LogP contribution >= 0.6 is 0 Å². The summed E-state index contributed by atoms with van der Waals surface area (Å²) in [5.41, 5.74) is 1.40. The lowest BCUT2D eigenvalue weighted by molar-refractivity contribution is -0.133. The van der Waals surface area contributed by atoms with E-state index in [0.717, 1.165) is 25.8 Å². The zero-order valence-corrected chi connectivity index (χ0v) is 9.86. The summed E-state index contributed by atoms with van der Waals surface area (Å²) >= 11 is 0. The number of likely N-dealkylation sites (tertiary alicyclic amines) is 1. The van der Waals surface area contributed by atoms with Gasteiger partial charge in [-0.05, 0) is 30.7 Å². The Balaban J connectivity index is 1.81. The van der Waals surface area contributed by atoms with Gasteiger partial charge in [-0.3, -0.25) is 4.79 Å². The molecular weight excluding hydrogens is 198 g/mol. The van der Waals surface area contributed by atoms with Crippen molar-refractivity contribution in [3.8, 4) is 0 Å². The second kappa shape index (κ2) is 5.15. The van der Waals surface area contributed by atoms with Gasteiger partial charge in [-0.1, -0.05) is 30.3 Å².